The Morgan fingerprint density at radius 3 is 2.11 bits per heavy atom. The summed E-state index contributed by atoms with van der Waals surface area (Å²) in [6.07, 6.45) is 1.79. The normalized spacial score (nSPS) is 12.5. The monoisotopic (exact) mass is 593 g/mol. The Labute approximate surface area is 221 Å². The lowest BCUT2D eigenvalue weighted by atomic mass is 10.1. The van der Waals surface area contributed by atoms with Crippen molar-refractivity contribution in [3.8, 4) is 0 Å². The number of benzene rings is 2. The van der Waals surface area contributed by atoms with Gasteiger partial charge in [-0.2, -0.15) is 0 Å². The third kappa shape index (κ3) is 9.43. The first-order valence-corrected chi connectivity index (χ1v) is 15.0. The molecule has 0 aliphatic carbocycles. The average molecular weight is 595 g/mol. The number of nitrogens with one attached hydrogen (secondary N) is 1. The van der Waals surface area contributed by atoms with Gasteiger partial charge in [0.05, 0.1) is 51.5 Å². The largest absolute Gasteiger partial charge is 1.00 e. The summed E-state index contributed by atoms with van der Waals surface area (Å²) in [5, 5.41) is 1.62. The summed E-state index contributed by atoms with van der Waals surface area (Å²) in [5.74, 6) is 0. The first-order valence-electron chi connectivity index (χ1n) is 11.8. The maximum absolute atomic E-state index is 13.1. The first kappa shape index (κ1) is 32.0. The quantitative estimate of drug-likeness (QED) is 0.190. The maximum atomic E-state index is 13.1. The lowest BCUT2D eigenvalue weighted by Crippen LogP contribution is -3.00. The number of nitrogens with zero attached hydrogens (tertiary/aromatic N) is 2. The molecule has 0 spiro atoms. The van der Waals surface area contributed by atoms with E-state index < -0.39 is 17.6 Å². The lowest BCUT2D eigenvalue weighted by Gasteiger charge is -2.30. The van der Waals surface area contributed by atoms with E-state index in [1.165, 1.54) is 0 Å². The third-order valence-electron chi connectivity index (χ3n) is 5.71. The van der Waals surface area contributed by atoms with Crippen molar-refractivity contribution in [3.63, 3.8) is 0 Å². The van der Waals surface area contributed by atoms with Gasteiger partial charge in [0.25, 0.3) is 0 Å². The van der Waals surface area contributed by atoms with Gasteiger partial charge in [0.15, 0.2) is 0 Å². The summed E-state index contributed by atoms with van der Waals surface area (Å²) in [7, 11) is 1.40. The van der Waals surface area contributed by atoms with Gasteiger partial charge < -0.3 is 35.4 Å². The fourth-order valence-electron chi connectivity index (χ4n) is 4.04. The molecule has 0 unspecified atom stereocenters. The van der Waals surface area contributed by atoms with Gasteiger partial charge in [-0.15, -0.1) is 0 Å². The van der Waals surface area contributed by atoms with Gasteiger partial charge in [0.2, 0.25) is 10.0 Å². The van der Waals surface area contributed by atoms with Gasteiger partial charge in [0.1, 0.15) is 0 Å². The molecule has 0 aliphatic rings. The van der Waals surface area contributed by atoms with Crippen molar-refractivity contribution < 1.29 is 43.5 Å². The molecule has 2 rings (SSSR count). The Morgan fingerprint density at radius 1 is 0.943 bits per heavy atom. The minimum absolute atomic E-state index is 0. The van der Waals surface area contributed by atoms with E-state index in [0.717, 1.165) is 24.2 Å². The Balaban J connectivity index is 0.00000612. The van der Waals surface area contributed by atoms with Crippen LogP contribution >= 0.6 is 7.60 Å². The van der Waals surface area contributed by atoms with Gasteiger partial charge >= 0.3 is 7.60 Å². The Hall–Kier alpha value is -1.00. The number of rotatable bonds is 15. The first-order chi connectivity index (χ1) is 15.9. The molecule has 8 nitrogen and oxygen atoms in total. The molecule has 0 saturated carbocycles. The molecule has 1 N–H and O–H groups in total. The minimum Gasteiger partial charge on any atom is -1.00 e. The van der Waals surface area contributed by atoms with Crippen molar-refractivity contribution in [2.75, 3.05) is 72.1 Å². The smallest absolute Gasteiger partial charge is 0.330 e. The molecular weight excluding hydrogens is 553 g/mol. The summed E-state index contributed by atoms with van der Waals surface area (Å²) in [6.45, 7) is 6.29. The van der Waals surface area contributed by atoms with Crippen molar-refractivity contribution >= 4 is 34.1 Å². The fraction of sp³-hybridized carbons (Fsp3) is 0.583. The lowest BCUT2D eigenvalue weighted by molar-refractivity contribution is -0.890. The summed E-state index contributed by atoms with van der Waals surface area (Å²) in [6, 6.07) is 11.1. The zero-order valence-electron chi connectivity index (χ0n) is 21.8. The highest BCUT2D eigenvalue weighted by atomic mass is 79.9. The van der Waals surface area contributed by atoms with Gasteiger partial charge in [-0.25, -0.2) is 13.1 Å². The number of fused-ring (bicyclic) bond motifs is 1. The summed E-state index contributed by atoms with van der Waals surface area (Å²) in [5.41, 5.74) is 0.979. The van der Waals surface area contributed by atoms with E-state index in [0.29, 0.717) is 53.5 Å². The van der Waals surface area contributed by atoms with Crippen LogP contribution in [0.15, 0.2) is 41.3 Å². The Morgan fingerprint density at radius 2 is 1.51 bits per heavy atom. The van der Waals surface area contributed by atoms with E-state index in [2.05, 4.69) is 18.8 Å². The zero-order valence-corrected chi connectivity index (χ0v) is 25.1. The second-order valence-electron chi connectivity index (χ2n) is 9.18. The Bertz CT molecular complexity index is 1090. The van der Waals surface area contributed by atoms with Crippen LogP contribution in [-0.4, -0.2) is 80.1 Å². The van der Waals surface area contributed by atoms with E-state index in [1.807, 2.05) is 57.1 Å². The zero-order chi connectivity index (χ0) is 25.4. The molecule has 0 saturated heterocycles. The second-order valence-corrected chi connectivity index (χ2v) is 13.1. The number of hydrogen-bond acceptors (Lipinski definition) is 6. The van der Waals surface area contributed by atoms with Crippen LogP contribution < -0.4 is 26.6 Å². The van der Waals surface area contributed by atoms with E-state index in [4.69, 9.17) is 9.05 Å². The third-order valence-corrected chi connectivity index (χ3v) is 9.40. The molecule has 0 bridgehead atoms. The molecule has 0 aromatic heterocycles. The molecule has 2 aromatic carbocycles. The van der Waals surface area contributed by atoms with Crippen LogP contribution in [0, 0.1) is 0 Å². The minimum atomic E-state index is -3.64. The highest BCUT2D eigenvalue weighted by molar-refractivity contribution is 7.89. The van der Waals surface area contributed by atoms with Crippen molar-refractivity contribution in [1.82, 2.24) is 4.72 Å². The average Bonchev–Trinajstić information content (AvgIpc) is 2.76. The molecule has 200 valence electrons. The summed E-state index contributed by atoms with van der Waals surface area (Å²) >= 11 is 0. The fourth-order valence-corrected chi connectivity index (χ4v) is 6.99. The topological polar surface area (TPSA) is 84.9 Å². The molecule has 0 atom stereocenters. The summed E-state index contributed by atoms with van der Waals surface area (Å²) in [4.78, 5) is 2.28. The van der Waals surface area contributed by atoms with Crippen LogP contribution in [0.3, 0.4) is 0 Å². The molecule has 0 amide bonds. The molecule has 11 heteroatoms. The van der Waals surface area contributed by atoms with Crippen LogP contribution in [0.2, 0.25) is 0 Å². The Kier molecular flexibility index (Phi) is 12.9. The number of sulfonamides is 1. The van der Waals surface area contributed by atoms with Crippen LogP contribution in [0.25, 0.3) is 10.8 Å². The number of quaternary nitrogens is 1. The van der Waals surface area contributed by atoms with Gasteiger partial charge in [-0.1, -0.05) is 24.3 Å². The van der Waals surface area contributed by atoms with Gasteiger partial charge in [-0.3, -0.25) is 4.57 Å². The molecular formula is C24H41BrN3O5PS. The predicted octanol–water partition coefficient (Wildman–Crippen LogP) is 1.31. The van der Waals surface area contributed by atoms with E-state index in [-0.39, 0.29) is 17.0 Å². The van der Waals surface area contributed by atoms with E-state index in [9.17, 15) is 13.0 Å². The van der Waals surface area contributed by atoms with Crippen molar-refractivity contribution in [2.24, 2.45) is 0 Å². The maximum Gasteiger partial charge on any atom is 0.330 e. The van der Waals surface area contributed by atoms with Crippen molar-refractivity contribution in [1.29, 1.82) is 0 Å². The van der Waals surface area contributed by atoms with Gasteiger partial charge in [0, 0.05) is 49.9 Å². The molecule has 0 radical (unpaired) electrons. The highest BCUT2D eigenvalue weighted by Gasteiger charge is 2.25. The second kappa shape index (κ2) is 14.1. The van der Waals surface area contributed by atoms with E-state index in [1.54, 1.807) is 12.1 Å². The molecule has 0 aliphatic heterocycles. The molecule has 0 fully saturated rings. The van der Waals surface area contributed by atoms with Gasteiger partial charge in [-0.05, 0) is 26.0 Å². The molecule has 2 aromatic rings. The SMILES string of the molecule is CCOP(=O)(CCC[N+](C)(C)CCCNS(=O)(=O)c1cccc2c(N(C)C)cccc12)OCC.[Br-]. The number of hydrogen-bond donors (Lipinski definition) is 1. The molecule has 0 heterocycles. The van der Waals surface area contributed by atoms with Crippen LogP contribution in [0.5, 0.6) is 0 Å². The highest BCUT2D eigenvalue weighted by Crippen LogP contribution is 2.48. The predicted molar refractivity (Wildman–Crippen MR) is 140 cm³/mol. The van der Waals surface area contributed by atoms with Crippen LogP contribution in [-0.2, 0) is 23.6 Å². The van der Waals surface area contributed by atoms with Crippen LogP contribution in [0.1, 0.15) is 26.7 Å². The van der Waals surface area contributed by atoms with Crippen LogP contribution in [0.4, 0.5) is 5.69 Å². The van der Waals surface area contributed by atoms with E-state index >= 15 is 0 Å². The number of anilines is 1. The standard InChI is InChI=1S/C24H41N3O5PS.BrH/c1-7-31-33(28,32-8-2)20-12-19-27(5,6)18-11-17-25-34(29,30)24-16-10-13-21-22(24)14-9-15-23(21)26(3)4;/h9-10,13-16,25H,7-8,11-12,17-20H2,1-6H3;1H/q+1;/p-1. The van der Waals surface area contributed by atoms with Crippen molar-refractivity contribution in [2.45, 2.75) is 31.6 Å². The number of halogens is 1. The summed E-state index contributed by atoms with van der Waals surface area (Å²) < 4.78 is 52.9. The molecule has 35 heavy (non-hydrogen) atoms. The van der Waals surface area contributed by atoms with Crippen molar-refractivity contribution in [3.05, 3.63) is 36.4 Å².